The SMILES string of the molecule is O[C@H]1OC[C@@H](OCc2ccccc2)[C@H](OC2O[C@H](COCc3ccccc3)[C@@H](OCc3ccccc3)[C@H](OCc3ccccc3)[C@H]2OCc2ccccc2)[C@H]1OCc1ccccc1. The van der Waals surface area contributed by atoms with Crippen molar-refractivity contribution in [3.05, 3.63) is 215 Å². The van der Waals surface area contributed by atoms with Crippen molar-refractivity contribution in [1.82, 2.24) is 0 Å². The molecule has 2 fully saturated rings. The van der Waals surface area contributed by atoms with Crippen molar-refractivity contribution in [2.24, 2.45) is 0 Å². The minimum atomic E-state index is -1.32. The van der Waals surface area contributed by atoms with E-state index in [1.54, 1.807) is 0 Å². The molecule has 2 aliphatic heterocycles. The van der Waals surface area contributed by atoms with Gasteiger partial charge in [-0.25, -0.2) is 0 Å². The Morgan fingerprint density at radius 3 is 1.21 bits per heavy atom. The molecule has 328 valence electrons. The van der Waals surface area contributed by atoms with E-state index in [2.05, 4.69) is 0 Å². The van der Waals surface area contributed by atoms with Gasteiger partial charge in [-0.05, 0) is 33.4 Å². The van der Waals surface area contributed by atoms with E-state index in [-0.39, 0.29) is 39.6 Å². The highest BCUT2D eigenvalue weighted by molar-refractivity contribution is 5.18. The number of benzene rings is 6. The molecule has 10 nitrogen and oxygen atoms in total. The normalized spacial score (nSPS) is 24.8. The van der Waals surface area contributed by atoms with Gasteiger partial charge in [-0.2, -0.15) is 0 Å². The van der Waals surface area contributed by atoms with E-state index in [0.29, 0.717) is 13.2 Å². The zero-order chi connectivity index (χ0) is 42.9. The summed E-state index contributed by atoms with van der Waals surface area (Å²) in [6, 6.07) is 59.7. The third kappa shape index (κ3) is 13.0. The van der Waals surface area contributed by atoms with Gasteiger partial charge < -0.3 is 47.7 Å². The van der Waals surface area contributed by atoms with E-state index in [1.807, 2.05) is 182 Å². The van der Waals surface area contributed by atoms with E-state index in [4.69, 9.17) is 42.6 Å². The van der Waals surface area contributed by atoms with Gasteiger partial charge in [0.15, 0.2) is 12.6 Å². The fourth-order valence-electron chi connectivity index (χ4n) is 7.80. The summed E-state index contributed by atoms with van der Waals surface area (Å²) >= 11 is 0. The van der Waals surface area contributed by atoms with E-state index in [9.17, 15) is 5.11 Å². The fourth-order valence-corrected chi connectivity index (χ4v) is 7.80. The Kier molecular flexibility index (Phi) is 16.7. The first kappa shape index (κ1) is 44.5. The number of aliphatic hydroxyl groups excluding tert-OH is 1. The number of hydrogen-bond donors (Lipinski definition) is 1. The van der Waals surface area contributed by atoms with Gasteiger partial charge in [0.05, 0.1) is 52.9 Å². The van der Waals surface area contributed by atoms with Crippen LogP contribution in [-0.2, 0) is 82.3 Å². The lowest BCUT2D eigenvalue weighted by Gasteiger charge is -2.48. The van der Waals surface area contributed by atoms with Crippen molar-refractivity contribution >= 4 is 0 Å². The summed E-state index contributed by atoms with van der Waals surface area (Å²) in [5.74, 6) is 0. The molecule has 0 saturated carbocycles. The van der Waals surface area contributed by atoms with Crippen molar-refractivity contribution in [1.29, 1.82) is 0 Å². The minimum Gasteiger partial charge on any atom is -0.374 e. The number of hydrogen-bond acceptors (Lipinski definition) is 10. The lowest BCUT2D eigenvalue weighted by atomic mass is 9.97. The molecule has 10 heteroatoms. The molecular weight excluding hydrogens is 797 g/mol. The van der Waals surface area contributed by atoms with Crippen molar-refractivity contribution in [2.75, 3.05) is 13.2 Å². The summed E-state index contributed by atoms with van der Waals surface area (Å²) in [5, 5.41) is 11.5. The molecule has 6 aromatic rings. The van der Waals surface area contributed by atoms with Crippen LogP contribution in [0.1, 0.15) is 33.4 Å². The summed E-state index contributed by atoms with van der Waals surface area (Å²) in [5.41, 5.74) is 5.87. The van der Waals surface area contributed by atoms with Crippen LogP contribution in [0.25, 0.3) is 0 Å². The summed E-state index contributed by atoms with van der Waals surface area (Å²) < 4.78 is 60.4. The van der Waals surface area contributed by atoms with Crippen LogP contribution in [0.2, 0.25) is 0 Å². The molecule has 0 amide bonds. The van der Waals surface area contributed by atoms with Crippen LogP contribution in [0.5, 0.6) is 0 Å². The van der Waals surface area contributed by atoms with Gasteiger partial charge in [-0.1, -0.05) is 182 Å². The maximum absolute atomic E-state index is 11.5. The third-order valence-electron chi connectivity index (χ3n) is 11.1. The van der Waals surface area contributed by atoms with E-state index < -0.39 is 55.3 Å². The Labute approximate surface area is 370 Å². The van der Waals surface area contributed by atoms with Crippen molar-refractivity contribution < 1.29 is 47.7 Å². The second kappa shape index (κ2) is 23.6. The Hall–Kier alpha value is -5.08. The summed E-state index contributed by atoms with van der Waals surface area (Å²) in [4.78, 5) is 0. The molecule has 9 atom stereocenters. The van der Waals surface area contributed by atoms with Crippen LogP contribution in [-0.4, -0.2) is 73.6 Å². The number of ether oxygens (including phenoxy) is 9. The Morgan fingerprint density at radius 1 is 0.397 bits per heavy atom. The minimum absolute atomic E-state index is 0.0481. The smallest absolute Gasteiger partial charge is 0.187 e. The molecule has 0 aromatic heterocycles. The summed E-state index contributed by atoms with van der Waals surface area (Å²) in [6.45, 7) is 1.85. The lowest BCUT2D eigenvalue weighted by molar-refractivity contribution is -0.366. The average Bonchev–Trinajstić information content (AvgIpc) is 3.34. The predicted octanol–water partition coefficient (Wildman–Crippen LogP) is 8.59. The summed E-state index contributed by atoms with van der Waals surface area (Å²) in [6.07, 6.45) is -7.83. The zero-order valence-electron chi connectivity index (χ0n) is 35.3. The predicted molar refractivity (Wildman–Crippen MR) is 237 cm³/mol. The topological polar surface area (TPSA) is 103 Å². The third-order valence-corrected chi connectivity index (χ3v) is 11.1. The average molecular weight is 853 g/mol. The van der Waals surface area contributed by atoms with Crippen LogP contribution in [0.3, 0.4) is 0 Å². The van der Waals surface area contributed by atoms with Gasteiger partial charge >= 0.3 is 0 Å². The first-order valence-corrected chi connectivity index (χ1v) is 21.7. The molecule has 1 N–H and O–H groups in total. The van der Waals surface area contributed by atoms with Crippen molar-refractivity contribution in [3.8, 4) is 0 Å². The second-order valence-electron chi connectivity index (χ2n) is 15.7. The molecule has 2 heterocycles. The Bertz CT molecular complexity index is 2150. The molecule has 1 unspecified atom stereocenters. The van der Waals surface area contributed by atoms with Gasteiger partial charge in [0.2, 0.25) is 0 Å². The Balaban J connectivity index is 1.15. The summed E-state index contributed by atoms with van der Waals surface area (Å²) in [7, 11) is 0. The van der Waals surface area contributed by atoms with Crippen LogP contribution in [0.4, 0.5) is 0 Å². The van der Waals surface area contributed by atoms with Gasteiger partial charge in [-0.15, -0.1) is 0 Å². The number of rotatable bonds is 21. The molecular formula is C53H56O10. The standard InChI is InChI=1S/C53H56O10/c54-52-50(59-35-43-27-15-5-16-28-43)48(45(38-61-52)56-32-40-21-9-2-10-22-40)63-53-51(60-36-44-29-17-6-18-30-44)49(58-34-42-25-13-4-14-26-42)47(57-33-41-23-11-3-12-24-41)46(62-53)37-55-31-39-19-7-1-8-20-39/h1-30,45-54H,31-38H2/t45-,46-,47-,48+,49+,50-,51-,52+,53?/m1/s1. The second-order valence-corrected chi connectivity index (χ2v) is 15.7. The largest absolute Gasteiger partial charge is 0.374 e. The van der Waals surface area contributed by atoms with Gasteiger partial charge in [0.1, 0.15) is 42.7 Å². The molecule has 0 bridgehead atoms. The molecule has 8 rings (SSSR count). The van der Waals surface area contributed by atoms with Crippen LogP contribution < -0.4 is 0 Å². The highest BCUT2D eigenvalue weighted by atomic mass is 16.7. The van der Waals surface area contributed by atoms with Gasteiger partial charge in [0, 0.05) is 0 Å². The van der Waals surface area contributed by atoms with E-state index in [1.165, 1.54) is 0 Å². The Morgan fingerprint density at radius 2 is 0.762 bits per heavy atom. The van der Waals surface area contributed by atoms with Gasteiger partial charge in [-0.3, -0.25) is 0 Å². The van der Waals surface area contributed by atoms with Crippen molar-refractivity contribution in [2.45, 2.75) is 94.9 Å². The molecule has 6 aromatic carbocycles. The maximum Gasteiger partial charge on any atom is 0.187 e. The first-order chi connectivity index (χ1) is 31.2. The van der Waals surface area contributed by atoms with Gasteiger partial charge in [0.25, 0.3) is 0 Å². The molecule has 2 aliphatic rings. The van der Waals surface area contributed by atoms with Crippen LogP contribution in [0.15, 0.2) is 182 Å². The van der Waals surface area contributed by atoms with E-state index >= 15 is 0 Å². The van der Waals surface area contributed by atoms with Crippen molar-refractivity contribution in [3.63, 3.8) is 0 Å². The highest BCUT2D eigenvalue weighted by Crippen LogP contribution is 2.35. The van der Waals surface area contributed by atoms with E-state index in [0.717, 1.165) is 33.4 Å². The zero-order valence-corrected chi connectivity index (χ0v) is 35.3. The molecule has 0 spiro atoms. The number of aliphatic hydroxyl groups is 1. The first-order valence-electron chi connectivity index (χ1n) is 21.7. The highest BCUT2D eigenvalue weighted by Gasteiger charge is 2.52. The van der Waals surface area contributed by atoms with Crippen LogP contribution >= 0.6 is 0 Å². The molecule has 2 saturated heterocycles. The van der Waals surface area contributed by atoms with Crippen LogP contribution in [0, 0.1) is 0 Å². The fraction of sp³-hybridized carbons (Fsp3) is 0.321. The lowest BCUT2D eigenvalue weighted by Crippen LogP contribution is -2.64. The molecule has 0 radical (unpaired) electrons. The quantitative estimate of drug-likeness (QED) is 0.0758. The monoisotopic (exact) mass is 852 g/mol. The molecule has 63 heavy (non-hydrogen) atoms. The molecule has 0 aliphatic carbocycles. The maximum atomic E-state index is 11.5.